The monoisotopic (exact) mass is 336 g/mol. The zero-order chi connectivity index (χ0) is 11.4. The Balaban J connectivity index is 2.81. The highest BCUT2D eigenvalue weighted by molar-refractivity contribution is 9.11. The average molecular weight is 338 g/mol. The zero-order valence-electron chi connectivity index (χ0n) is 7.95. The van der Waals surface area contributed by atoms with Gasteiger partial charge in [0.25, 0.3) is 0 Å². The molecule has 0 radical (unpaired) electrons. The van der Waals surface area contributed by atoms with E-state index < -0.39 is 6.10 Å². The second-order valence-corrected chi connectivity index (χ2v) is 4.63. The van der Waals surface area contributed by atoms with Gasteiger partial charge in [0.1, 0.15) is 5.75 Å². The molecular formula is C9H10Br2N2O2. The van der Waals surface area contributed by atoms with Crippen molar-refractivity contribution in [3.05, 3.63) is 27.1 Å². The molecule has 1 rings (SSSR count). The van der Waals surface area contributed by atoms with Crippen LogP contribution in [0.1, 0.15) is 6.92 Å². The second kappa shape index (κ2) is 5.37. The molecule has 0 fully saturated rings. The second-order valence-electron chi connectivity index (χ2n) is 2.86. The Labute approximate surface area is 104 Å². The molecular weight excluding hydrogens is 328 g/mol. The maximum atomic E-state index is 8.46. The van der Waals surface area contributed by atoms with Crippen molar-refractivity contribution in [2.45, 2.75) is 13.0 Å². The number of rotatable bonds is 3. The maximum Gasteiger partial charge on any atom is 0.180 e. The molecule has 0 aliphatic carbocycles. The van der Waals surface area contributed by atoms with Gasteiger partial charge in [-0.05, 0) is 41.1 Å². The first-order valence-corrected chi connectivity index (χ1v) is 5.72. The third-order valence-corrected chi connectivity index (χ3v) is 2.84. The van der Waals surface area contributed by atoms with Crippen molar-refractivity contribution in [3.8, 4) is 5.75 Å². The molecule has 1 aromatic carbocycles. The van der Waals surface area contributed by atoms with E-state index in [1.807, 2.05) is 12.1 Å². The first-order chi connectivity index (χ1) is 7.04. The fourth-order valence-electron chi connectivity index (χ4n) is 0.903. The van der Waals surface area contributed by atoms with Gasteiger partial charge in [0.05, 0.1) is 4.47 Å². The van der Waals surface area contributed by atoms with Crippen molar-refractivity contribution < 1.29 is 9.94 Å². The molecule has 0 aromatic heterocycles. The Bertz CT molecular complexity index is 382. The van der Waals surface area contributed by atoms with E-state index in [9.17, 15) is 0 Å². The summed E-state index contributed by atoms with van der Waals surface area (Å²) in [6, 6.07) is 5.49. The van der Waals surface area contributed by atoms with Crippen LogP contribution >= 0.6 is 31.9 Å². The van der Waals surface area contributed by atoms with Crippen LogP contribution in [0.25, 0.3) is 0 Å². The van der Waals surface area contributed by atoms with Crippen molar-refractivity contribution in [3.63, 3.8) is 0 Å². The topological polar surface area (TPSA) is 67.8 Å². The number of benzene rings is 1. The van der Waals surface area contributed by atoms with E-state index in [0.717, 1.165) is 8.95 Å². The highest BCUT2D eigenvalue weighted by Crippen LogP contribution is 2.28. The normalized spacial score (nSPS) is 13.7. The van der Waals surface area contributed by atoms with E-state index in [2.05, 4.69) is 37.0 Å². The van der Waals surface area contributed by atoms with Crippen LogP contribution in [0.2, 0.25) is 0 Å². The van der Waals surface area contributed by atoms with Gasteiger partial charge in [-0.3, -0.25) is 0 Å². The maximum absolute atomic E-state index is 8.46. The number of nitrogens with two attached hydrogens (primary N) is 1. The minimum Gasteiger partial charge on any atom is -0.482 e. The summed E-state index contributed by atoms with van der Waals surface area (Å²) in [7, 11) is 0. The molecule has 0 saturated carbocycles. The summed E-state index contributed by atoms with van der Waals surface area (Å²) >= 11 is 6.68. The van der Waals surface area contributed by atoms with E-state index in [4.69, 9.17) is 15.7 Å². The van der Waals surface area contributed by atoms with Gasteiger partial charge in [-0.2, -0.15) is 0 Å². The number of ether oxygens (including phenoxy) is 1. The van der Waals surface area contributed by atoms with Crippen LogP contribution in [0.4, 0.5) is 0 Å². The van der Waals surface area contributed by atoms with E-state index in [1.54, 1.807) is 13.0 Å². The molecule has 4 nitrogen and oxygen atoms in total. The summed E-state index contributed by atoms with van der Waals surface area (Å²) in [5.74, 6) is 0.669. The number of amidine groups is 1. The molecule has 15 heavy (non-hydrogen) atoms. The first-order valence-electron chi connectivity index (χ1n) is 4.13. The molecule has 0 amide bonds. The van der Waals surface area contributed by atoms with Crippen molar-refractivity contribution >= 4 is 37.7 Å². The van der Waals surface area contributed by atoms with Crippen molar-refractivity contribution in [2.75, 3.05) is 0 Å². The Kier molecular flexibility index (Phi) is 4.41. The Morgan fingerprint density at radius 3 is 2.73 bits per heavy atom. The first kappa shape index (κ1) is 12.3. The van der Waals surface area contributed by atoms with E-state index in [-0.39, 0.29) is 5.84 Å². The van der Waals surface area contributed by atoms with Crippen molar-refractivity contribution in [2.24, 2.45) is 10.9 Å². The number of nitrogens with zero attached hydrogens (tertiary/aromatic N) is 1. The van der Waals surface area contributed by atoms with Gasteiger partial charge in [0, 0.05) is 4.47 Å². The SMILES string of the molecule is CC(Oc1ccc(Br)cc1Br)C(N)=NO. The Morgan fingerprint density at radius 1 is 1.53 bits per heavy atom. The third kappa shape index (κ3) is 3.39. The van der Waals surface area contributed by atoms with Gasteiger partial charge >= 0.3 is 0 Å². The summed E-state index contributed by atoms with van der Waals surface area (Å²) in [6.45, 7) is 1.70. The van der Waals surface area contributed by atoms with Crippen LogP contribution in [-0.2, 0) is 0 Å². The Hall–Kier alpha value is -0.750. The number of hydrogen-bond donors (Lipinski definition) is 2. The summed E-state index contributed by atoms with van der Waals surface area (Å²) in [5.41, 5.74) is 5.39. The summed E-state index contributed by atoms with van der Waals surface area (Å²) in [4.78, 5) is 0. The lowest BCUT2D eigenvalue weighted by molar-refractivity contribution is 0.264. The smallest absolute Gasteiger partial charge is 0.180 e. The fourth-order valence-corrected chi connectivity index (χ4v) is 2.04. The molecule has 3 N–H and O–H groups in total. The predicted molar refractivity (Wildman–Crippen MR) is 65.3 cm³/mol. The quantitative estimate of drug-likeness (QED) is 0.385. The predicted octanol–water partition coefficient (Wildman–Crippen LogP) is 2.73. The lowest BCUT2D eigenvalue weighted by Gasteiger charge is -2.14. The van der Waals surface area contributed by atoms with Gasteiger partial charge in [0.2, 0.25) is 0 Å². The average Bonchev–Trinajstić information content (AvgIpc) is 2.20. The highest BCUT2D eigenvalue weighted by atomic mass is 79.9. The molecule has 1 atom stereocenters. The van der Waals surface area contributed by atoms with Crippen LogP contribution in [0.3, 0.4) is 0 Å². The van der Waals surface area contributed by atoms with Crippen LogP contribution in [0.15, 0.2) is 32.3 Å². The van der Waals surface area contributed by atoms with Gasteiger partial charge in [0.15, 0.2) is 11.9 Å². The molecule has 1 aromatic rings. The molecule has 0 spiro atoms. The van der Waals surface area contributed by atoms with Crippen LogP contribution < -0.4 is 10.5 Å². The fraction of sp³-hybridized carbons (Fsp3) is 0.222. The minimum absolute atomic E-state index is 0.0322. The molecule has 0 saturated heterocycles. The minimum atomic E-state index is -0.479. The molecule has 6 heteroatoms. The van der Waals surface area contributed by atoms with E-state index in [1.165, 1.54) is 0 Å². The van der Waals surface area contributed by atoms with Gasteiger partial charge < -0.3 is 15.7 Å². The van der Waals surface area contributed by atoms with Crippen LogP contribution in [0, 0.1) is 0 Å². The largest absolute Gasteiger partial charge is 0.482 e. The van der Waals surface area contributed by atoms with Gasteiger partial charge in [-0.1, -0.05) is 21.1 Å². The van der Waals surface area contributed by atoms with Crippen LogP contribution in [0.5, 0.6) is 5.75 Å². The number of oxime groups is 1. The third-order valence-electron chi connectivity index (χ3n) is 1.73. The lowest BCUT2D eigenvalue weighted by atomic mass is 10.3. The number of hydrogen-bond acceptors (Lipinski definition) is 3. The van der Waals surface area contributed by atoms with Crippen molar-refractivity contribution in [1.29, 1.82) is 0 Å². The molecule has 1 unspecified atom stereocenters. The summed E-state index contributed by atoms with van der Waals surface area (Å²) < 4.78 is 7.21. The molecule has 0 aliphatic heterocycles. The standard InChI is InChI=1S/C9H10Br2N2O2/c1-5(9(12)13-14)15-8-3-2-6(10)4-7(8)11/h2-5,14H,1H3,(H2,12,13). The highest BCUT2D eigenvalue weighted by Gasteiger charge is 2.11. The van der Waals surface area contributed by atoms with Crippen LogP contribution in [-0.4, -0.2) is 17.1 Å². The van der Waals surface area contributed by atoms with E-state index in [0.29, 0.717) is 5.75 Å². The summed E-state index contributed by atoms with van der Waals surface area (Å²) in [5, 5.41) is 11.3. The molecule has 0 heterocycles. The van der Waals surface area contributed by atoms with E-state index >= 15 is 0 Å². The molecule has 0 bridgehead atoms. The zero-order valence-corrected chi connectivity index (χ0v) is 11.1. The summed E-state index contributed by atoms with van der Waals surface area (Å²) in [6.07, 6.45) is -0.479. The molecule has 82 valence electrons. The van der Waals surface area contributed by atoms with Gasteiger partial charge in [-0.25, -0.2) is 0 Å². The Morgan fingerprint density at radius 2 is 2.20 bits per heavy atom. The molecule has 0 aliphatic rings. The van der Waals surface area contributed by atoms with Gasteiger partial charge in [-0.15, -0.1) is 0 Å². The number of halogens is 2. The van der Waals surface area contributed by atoms with Crippen molar-refractivity contribution in [1.82, 2.24) is 0 Å². The lowest BCUT2D eigenvalue weighted by Crippen LogP contribution is -2.31.